The molecule has 2 aromatic carbocycles. The van der Waals surface area contributed by atoms with Crippen molar-refractivity contribution in [2.75, 3.05) is 26.2 Å². The van der Waals surface area contributed by atoms with Crippen molar-refractivity contribution in [3.05, 3.63) is 82.2 Å². The lowest BCUT2D eigenvalue weighted by atomic mass is 10.1. The Bertz CT molecular complexity index is 1090. The summed E-state index contributed by atoms with van der Waals surface area (Å²) in [5.41, 5.74) is 2.16. The zero-order valence-electron chi connectivity index (χ0n) is 17.1. The molecule has 0 unspecified atom stereocenters. The largest absolute Gasteiger partial charge is 0.489 e. The molecule has 1 fully saturated rings. The van der Waals surface area contributed by atoms with Gasteiger partial charge in [0.05, 0.1) is 5.69 Å². The first-order chi connectivity index (χ1) is 15.0. The van der Waals surface area contributed by atoms with Crippen molar-refractivity contribution in [3.8, 4) is 5.75 Å². The van der Waals surface area contributed by atoms with Crippen molar-refractivity contribution < 1.29 is 18.8 Å². The zero-order valence-corrected chi connectivity index (χ0v) is 17.8. The molecule has 1 aromatic heterocycles. The second-order valence-electron chi connectivity index (χ2n) is 7.36. The Morgan fingerprint density at radius 2 is 1.71 bits per heavy atom. The van der Waals surface area contributed by atoms with E-state index in [2.05, 4.69) is 5.16 Å². The molecule has 2 heterocycles. The first kappa shape index (κ1) is 20.9. The first-order valence-electron chi connectivity index (χ1n) is 9.99. The average Bonchev–Trinajstić information content (AvgIpc) is 3.23. The lowest BCUT2D eigenvalue weighted by Crippen LogP contribution is -2.50. The zero-order chi connectivity index (χ0) is 21.8. The van der Waals surface area contributed by atoms with Gasteiger partial charge in [0.1, 0.15) is 12.4 Å². The number of hydrogen-bond acceptors (Lipinski definition) is 5. The van der Waals surface area contributed by atoms with Crippen molar-refractivity contribution in [1.29, 1.82) is 0 Å². The summed E-state index contributed by atoms with van der Waals surface area (Å²) in [6.07, 6.45) is 0. The van der Waals surface area contributed by atoms with E-state index < -0.39 is 0 Å². The van der Waals surface area contributed by atoms with Crippen LogP contribution in [0.1, 0.15) is 32.2 Å². The van der Waals surface area contributed by atoms with Crippen molar-refractivity contribution in [1.82, 2.24) is 15.0 Å². The summed E-state index contributed by atoms with van der Waals surface area (Å²) in [6, 6.07) is 16.2. The van der Waals surface area contributed by atoms with E-state index in [-0.39, 0.29) is 17.6 Å². The molecular weight excluding hydrogens is 418 g/mol. The number of hydrogen-bond donors (Lipinski definition) is 0. The highest BCUT2D eigenvalue weighted by Crippen LogP contribution is 2.19. The summed E-state index contributed by atoms with van der Waals surface area (Å²) >= 11 is 6.01. The van der Waals surface area contributed by atoms with Gasteiger partial charge in [-0.3, -0.25) is 9.59 Å². The summed E-state index contributed by atoms with van der Waals surface area (Å²) in [6.45, 7) is 3.91. The Kier molecular flexibility index (Phi) is 6.23. The summed E-state index contributed by atoms with van der Waals surface area (Å²) in [4.78, 5) is 28.8. The Morgan fingerprint density at radius 1 is 1.00 bits per heavy atom. The summed E-state index contributed by atoms with van der Waals surface area (Å²) in [5.74, 6) is 0.544. The van der Waals surface area contributed by atoms with E-state index in [0.29, 0.717) is 54.8 Å². The van der Waals surface area contributed by atoms with Crippen molar-refractivity contribution in [2.24, 2.45) is 0 Å². The van der Waals surface area contributed by atoms with Crippen LogP contribution in [-0.2, 0) is 6.61 Å². The molecule has 3 aromatic rings. The molecule has 0 atom stereocenters. The molecule has 160 valence electrons. The third-order valence-electron chi connectivity index (χ3n) is 5.07. The van der Waals surface area contributed by atoms with Gasteiger partial charge in [-0.1, -0.05) is 35.0 Å². The maximum atomic E-state index is 12.9. The number of carbonyl (C=O) groups excluding carboxylic acids is 2. The summed E-state index contributed by atoms with van der Waals surface area (Å²) < 4.78 is 10.9. The van der Waals surface area contributed by atoms with E-state index in [0.717, 1.165) is 5.56 Å². The molecule has 1 saturated heterocycles. The van der Waals surface area contributed by atoms with Crippen LogP contribution < -0.4 is 4.74 Å². The maximum Gasteiger partial charge on any atom is 0.292 e. The molecule has 0 saturated carbocycles. The smallest absolute Gasteiger partial charge is 0.292 e. The fourth-order valence-electron chi connectivity index (χ4n) is 3.43. The third-order valence-corrected chi connectivity index (χ3v) is 5.30. The highest BCUT2D eigenvalue weighted by Gasteiger charge is 2.27. The lowest BCUT2D eigenvalue weighted by Gasteiger charge is -2.34. The number of aryl methyl sites for hydroxylation is 1. The van der Waals surface area contributed by atoms with Gasteiger partial charge in [-0.15, -0.1) is 0 Å². The van der Waals surface area contributed by atoms with E-state index in [1.807, 2.05) is 30.3 Å². The highest BCUT2D eigenvalue weighted by atomic mass is 35.5. The molecule has 0 bridgehead atoms. The van der Waals surface area contributed by atoms with Crippen molar-refractivity contribution in [3.63, 3.8) is 0 Å². The predicted octanol–water partition coefficient (Wildman–Crippen LogP) is 3.81. The van der Waals surface area contributed by atoms with E-state index in [1.165, 1.54) is 0 Å². The number of aromatic nitrogens is 1. The monoisotopic (exact) mass is 439 g/mol. The minimum Gasteiger partial charge on any atom is -0.489 e. The van der Waals surface area contributed by atoms with Gasteiger partial charge in [0, 0.05) is 42.8 Å². The van der Waals surface area contributed by atoms with Crippen LogP contribution in [0.4, 0.5) is 0 Å². The Morgan fingerprint density at radius 3 is 2.39 bits per heavy atom. The van der Waals surface area contributed by atoms with Crippen LogP contribution in [-0.4, -0.2) is 52.9 Å². The van der Waals surface area contributed by atoms with Gasteiger partial charge in [-0.2, -0.15) is 0 Å². The van der Waals surface area contributed by atoms with Gasteiger partial charge in [-0.25, -0.2) is 0 Å². The molecule has 1 aliphatic heterocycles. The van der Waals surface area contributed by atoms with Crippen LogP contribution in [0.25, 0.3) is 0 Å². The third kappa shape index (κ3) is 5.06. The molecule has 0 N–H and O–H groups in total. The first-order valence-corrected chi connectivity index (χ1v) is 10.4. The number of ether oxygens (including phenoxy) is 1. The normalized spacial score (nSPS) is 13.9. The average molecular weight is 440 g/mol. The Balaban J connectivity index is 1.34. The molecule has 0 aliphatic carbocycles. The summed E-state index contributed by atoms with van der Waals surface area (Å²) in [7, 11) is 0. The molecule has 1 aliphatic rings. The minimum atomic E-state index is -0.205. The number of nitrogens with zero attached hydrogens (tertiary/aromatic N) is 3. The lowest BCUT2D eigenvalue weighted by molar-refractivity contribution is 0.0512. The second kappa shape index (κ2) is 9.22. The predicted molar refractivity (Wildman–Crippen MR) is 115 cm³/mol. The van der Waals surface area contributed by atoms with Gasteiger partial charge in [0.25, 0.3) is 11.8 Å². The van der Waals surface area contributed by atoms with Crippen molar-refractivity contribution >= 4 is 23.4 Å². The number of halogens is 1. The van der Waals surface area contributed by atoms with E-state index >= 15 is 0 Å². The molecule has 0 radical (unpaired) electrons. The van der Waals surface area contributed by atoms with Gasteiger partial charge >= 0.3 is 0 Å². The second-order valence-corrected chi connectivity index (χ2v) is 7.80. The van der Waals surface area contributed by atoms with Crippen LogP contribution in [0.15, 0.2) is 59.1 Å². The maximum absolute atomic E-state index is 12.9. The van der Waals surface area contributed by atoms with E-state index in [9.17, 15) is 9.59 Å². The fraction of sp³-hybridized carbons (Fsp3) is 0.261. The van der Waals surface area contributed by atoms with Crippen LogP contribution in [0.2, 0.25) is 5.02 Å². The van der Waals surface area contributed by atoms with Crippen molar-refractivity contribution in [2.45, 2.75) is 13.5 Å². The molecule has 0 spiro atoms. The van der Waals surface area contributed by atoms with Gasteiger partial charge < -0.3 is 19.1 Å². The number of carbonyl (C=O) groups is 2. The standard InChI is InChI=1S/C23H22ClN3O4/c1-16-12-21(31-25-16)23(29)27-10-8-26(9-11-27)22(28)18-5-3-7-20(14-18)30-15-17-4-2-6-19(24)13-17/h2-7,12-14H,8-11,15H2,1H3. The molecular formula is C23H22ClN3O4. The molecule has 8 heteroatoms. The van der Waals surface area contributed by atoms with Gasteiger partial charge in [0.15, 0.2) is 0 Å². The molecule has 4 rings (SSSR count). The van der Waals surface area contributed by atoms with Gasteiger partial charge in [-0.05, 0) is 42.8 Å². The fourth-order valence-corrected chi connectivity index (χ4v) is 3.64. The topological polar surface area (TPSA) is 75.9 Å². The Hall–Kier alpha value is -3.32. The van der Waals surface area contributed by atoms with Crippen LogP contribution >= 0.6 is 11.6 Å². The number of amides is 2. The van der Waals surface area contributed by atoms with Gasteiger partial charge in [0.2, 0.25) is 5.76 Å². The molecule has 7 nitrogen and oxygen atoms in total. The SMILES string of the molecule is Cc1cc(C(=O)N2CCN(C(=O)c3cccc(OCc4cccc(Cl)c4)c3)CC2)on1. The van der Waals surface area contributed by atoms with Crippen LogP contribution in [0, 0.1) is 6.92 Å². The number of benzene rings is 2. The summed E-state index contributed by atoms with van der Waals surface area (Å²) in [5, 5.41) is 4.41. The van der Waals surface area contributed by atoms with E-state index in [4.69, 9.17) is 20.9 Å². The number of rotatable bonds is 5. The van der Waals surface area contributed by atoms with Crippen LogP contribution in [0.3, 0.4) is 0 Å². The quantitative estimate of drug-likeness (QED) is 0.604. The van der Waals surface area contributed by atoms with Crippen LogP contribution in [0.5, 0.6) is 5.75 Å². The number of piperazine rings is 1. The Labute approximate surface area is 185 Å². The van der Waals surface area contributed by atoms with E-state index in [1.54, 1.807) is 41.0 Å². The molecule has 2 amide bonds. The minimum absolute atomic E-state index is 0.0872. The molecule has 31 heavy (non-hydrogen) atoms. The highest BCUT2D eigenvalue weighted by molar-refractivity contribution is 6.30.